The molecule has 0 aliphatic carbocycles. The number of aromatic nitrogens is 2. The minimum absolute atomic E-state index is 0.505. The molecule has 13 heavy (non-hydrogen) atoms. The molecule has 0 amide bonds. The van der Waals surface area contributed by atoms with Crippen LogP contribution in [0.5, 0.6) is 0 Å². The summed E-state index contributed by atoms with van der Waals surface area (Å²) in [5, 5.41) is 4.46. The van der Waals surface area contributed by atoms with Crippen LogP contribution >= 0.6 is 10.7 Å². The van der Waals surface area contributed by atoms with E-state index >= 15 is 0 Å². The number of hydrogen-bond donors (Lipinski definition) is 1. The summed E-state index contributed by atoms with van der Waals surface area (Å²) < 4.78 is 57.2. The Morgan fingerprint density at radius 3 is 2.31 bits per heavy atom. The van der Waals surface area contributed by atoms with Crippen LogP contribution in [-0.2, 0) is 15.2 Å². The summed E-state index contributed by atoms with van der Waals surface area (Å²) in [6.07, 6.45) is -4.31. The van der Waals surface area contributed by atoms with Gasteiger partial charge < -0.3 is 0 Å². The van der Waals surface area contributed by atoms with E-state index in [2.05, 4.69) is 5.10 Å². The molecule has 1 aromatic rings. The van der Waals surface area contributed by atoms with E-state index in [4.69, 9.17) is 10.7 Å². The first-order valence-corrected chi connectivity index (χ1v) is 5.09. The Morgan fingerprint density at radius 2 is 2.00 bits per heavy atom. The van der Waals surface area contributed by atoms with Gasteiger partial charge in [0, 0.05) is 10.7 Å². The van der Waals surface area contributed by atoms with Gasteiger partial charge in [-0.15, -0.1) is 0 Å². The molecule has 0 aliphatic rings. The third-order valence-corrected chi connectivity index (χ3v) is 2.48. The highest BCUT2D eigenvalue weighted by Crippen LogP contribution is 2.33. The molecule has 9 heteroatoms. The van der Waals surface area contributed by atoms with E-state index in [1.807, 2.05) is 0 Å². The maximum absolute atomic E-state index is 12.0. The first-order chi connectivity index (χ1) is 5.73. The molecule has 0 fully saturated rings. The molecule has 0 atom stereocenters. The van der Waals surface area contributed by atoms with Crippen molar-refractivity contribution in [2.75, 3.05) is 0 Å². The molecule has 0 aromatic carbocycles. The topological polar surface area (TPSA) is 62.8 Å². The number of nitrogens with one attached hydrogen (secondary N) is 1. The normalized spacial score (nSPS) is 13.2. The van der Waals surface area contributed by atoms with Gasteiger partial charge in [-0.1, -0.05) is 0 Å². The standard InChI is InChI=1S/C4H2ClF3N2O2S/c5-13(11,12)2-1-9-10-3(2)4(6,7)8/h1H,(H,9,10). The lowest BCUT2D eigenvalue weighted by Gasteiger charge is -2.03. The van der Waals surface area contributed by atoms with Crippen molar-refractivity contribution >= 4 is 19.7 Å². The largest absolute Gasteiger partial charge is 0.434 e. The third kappa shape index (κ3) is 2.13. The molecule has 1 heterocycles. The number of nitrogens with zero attached hydrogens (tertiary/aromatic N) is 1. The molecular formula is C4H2ClF3N2O2S. The minimum Gasteiger partial charge on any atom is -0.272 e. The van der Waals surface area contributed by atoms with Crippen molar-refractivity contribution in [2.45, 2.75) is 11.1 Å². The molecule has 74 valence electrons. The van der Waals surface area contributed by atoms with Crippen molar-refractivity contribution in [3.8, 4) is 0 Å². The van der Waals surface area contributed by atoms with Crippen LogP contribution in [0.4, 0.5) is 13.2 Å². The van der Waals surface area contributed by atoms with E-state index < -0.39 is 25.8 Å². The van der Waals surface area contributed by atoms with Crippen LogP contribution in [-0.4, -0.2) is 18.6 Å². The molecule has 1 rings (SSSR count). The highest BCUT2D eigenvalue weighted by molar-refractivity contribution is 8.13. The molecule has 0 unspecified atom stereocenters. The van der Waals surface area contributed by atoms with Crippen molar-refractivity contribution in [1.29, 1.82) is 0 Å². The number of hydrogen-bond acceptors (Lipinski definition) is 3. The van der Waals surface area contributed by atoms with Gasteiger partial charge in [-0.2, -0.15) is 18.3 Å². The molecule has 0 saturated carbocycles. The van der Waals surface area contributed by atoms with E-state index in [-0.39, 0.29) is 0 Å². The quantitative estimate of drug-likeness (QED) is 0.746. The molecule has 0 radical (unpaired) electrons. The molecule has 0 bridgehead atoms. The second kappa shape index (κ2) is 2.88. The van der Waals surface area contributed by atoms with Crippen LogP contribution < -0.4 is 0 Å². The molecular weight excluding hydrogens is 233 g/mol. The molecule has 1 aromatic heterocycles. The summed E-state index contributed by atoms with van der Waals surface area (Å²) in [5.41, 5.74) is -1.47. The Morgan fingerprint density at radius 1 is 1.46 bits per heavy atom. The zero-order valence-corrected chi connectivity index (χ0v) is 7.33. The van der Waals surface area contributed by atoms with Crippen LogP contribution in [0.3, 0.4) is 0 Å². The van der Waals surface area contributed by atoms with Crippen LogP contribution in [0.2, 0.25) is 0 Å². The van der Waals surface area contributed by atoms with E-state index in [0.717, 1.165) is 0 Å². The molecule has 0 saturated heterocycles. The van der Waals surface area contributed by atoms with E-state index in [1.54, 1.807) is 0 Å². The van der Waals surface area contributed by atoms with Crippen LogP contribution in [0.25, 0.3) is 0 Å². The number of aromatic amines is 1. The van der Waals surface area contributed by atoms with Crippen molar-refractivity contribution in [2.24, 2.45) is 0 Å². The fraction of sp³-hybridized carbons (Fsp3) is 0.250. The van der Waals surface area contributed by atoms with Crippen LogP contribution in [0.1, 0.15) is 5.69 Å². The fourth-order valence-corrected chi connectivity index (χ4v) is 1.60. The number of halogens is 4. The summed E-state index contributed by atoms with van der Waals surface area (Å²) in [6, 6.07) is 0. The van der Waals surface area contributed by atoms with E-state index in [9.17, 15) is 21.6 Å². The summed E-state index contributed by atoms with van der Waals surface area (Å²) in [4.78, 5) is -1.07. The zero-order valence-electron chi connectivity index (χ0n) is 5.76. The monoisotopic (exact) mass is 234 g/mol. The zero-order chi connectivity index (χ0) is 10.3. The number of H-pyrrole nitrogens is 1. The first-order valence-electron chi connectivity index (χ1n) is 2.78. The second-order valence-corrected chi connectivity index (χ2v) is 4.58. The second-order valence-electron chi connectivity index (χ2n) is 2.04. The third-order valence-electron chi connectivity index (χ3n) is 1.15. The van der Waals surface area contributed by atoms with E-state index in [0.29, 0.717) is 6.20 Å². The highest BCUT2D eigenvalue weighted by Gasteiger charge is 2.39. The Labute approximate surface area is 75.1 Å². The maximum Gasteiger partial charge on any atom is 0.434 e. The smallest absolute Gasteiger partial charge is 0.272 e. The first kappa shape index (κ1) is 10.3. The van der Waals surface area contributed by atoms with Gasteiger partial charge in [-0.25, -0.2) is 8.42 Å². The van der Waals surface area contributed by atoms with Gasteiger partial charge >= 0.3 is 6.18 Å². The predicted octanol–water partition coefficient (Wildman–Crippen LogP) is 1.36. The predicted molar refractivity (Wildman–Crippen MR) is 36.6 cm³/mol. The van der Waals surface area contributed by atoms with Crippen molar-refractivity contribution < 1.29 is 21.6 Å². The lowest BCUT2D eigenvalue weighted by Crippen LogP contribution is -2.09. The van der Waals surface area contributed by atoms with Crippen LogP contribution in [0, 0.1) is 0 Å². The van der Waals surface area contributed by atoms with Gasteiger partial charge in [0.25, 0.3) is 9.05 Å². The Bertz CT molecular complexity index is 409. The van der Waals surface area contributed by atoms with Gasteiger partial charge in [-0.3, -0.25) is 5.10 Å². The van der Waals surface area contributed by atoms with Gasteiger partial charge in [0.05, 0.1) is 6.20 Å². The summed E-state index contributed by atoms with van der Waals surface area (Å²) >= 11 is 0. The fourth-order valence-electron chi connectivity index (χ4n) is 0.663. The number of rotatable bonds is 1. The average Bonchev–Trinajstić information content (AvgIpc) is 2.27. The van der Waals surface area contributed by atoms with Gasteiger partial charge in [0.2, 0.25) is 0 Å². The average molecular weight is 235 g/mol. The number of alkyl halides is 3. The van der Waals surface area contributed by atoms with E-state index in [1.165, 1.54) is 5.10 Å². The van der Waals surface area contributed by atoms with Gasteiger partial charge in [0.15, 0.2) is 5.69 Å². The van der Waals surface area contributed by atoms with Gasteiger partial charge in [-0.05, 0) is 0 Å². The van der Waals surface area contributed by atoms with Gasteiger partial charge in [0.1, 0.15) is 4.90 Å². The lowest BCUT2D eigenvalue weighted by atomic mass is 10.4. The summed E-state index contributed by atoms with van der Waals surface area (Å²) in [5.74, 6) is 0. The Balaban J connectivity index is 3.35. The van der Waals surface area contributed by atoms with Crippen molar-refractivity contribution in [1.82, 2.24) is 10.2 Å². The lowest BCUT2D eigenvalue weighted by molar-refractivity contribution is -0.143. The minimum atomic E-state index is -4.81. The highest BCUT2D eigenvalue weighted by atomic mass is 35.7. The summed E-state index contributed by atoms with van der Waals surface area (Å²) in [7, 11) is 0.309. The Kier molecular flexibility index (Phi) is 2.28. The summed E-state index contributed by atoms with van der Waals surface area (Å²) in [6.45, 7) is 0. The maximum atomic E-state index is 12.0. The molecule has 0 aliphatic heterocycles. The molecule has 1 N–H and O–H groups in total. The van der Waals surface area contributed by atoms with Crippen molar-refractivity contribution in [3.63, 3.8) is 0 Å². The van der Waals surface area contributed by atoms with Crippen LogP contribution in [0.15, 0.2) is 11.1 Å². The van der Waals surface area contributed by atoms with Crippen molar-refractivity contribution in [3.05, 3.63) is 11.9 Å². The SMILES string of the molecule is O=S(=O)(Cl)c1cn[nH]c1C(F)(F)F. The molecule has 0 spiro atoms. The Hall–Kier alpha value is -0.760. The molecule has 4 nitrogen and oxygen atoms in total.